The molecule has 1 N–H and O–H groups in total. The van der Waals surface area contributed by atoms with Gasteiger partial charge in [-0.2, -0.15) is 0 Å². The van der Waals surface area contributed by atoms with E-state index in [4.69, 9.17) is 11.6 Å². The molecule has 0 unspecified atom stereocenters. The first-order valence-electron chi connectivity index (χ1n) is 7.14. The van der Waals surface area contributed by atoms with Crippen molar-refractivity contribution in [1.82, 2.24) is 4.72 Å². The van der Waals surface area contributed by atoms with E-state index in [-0.39, 0.29) is 0 Å². The fraction of sp³-hybridized carbons (Fsp3) is 0.500. The number of benzene rings is 1. The molecule has 0 aromatic heterocycles. The smallest absolute Gasteiger partial charge is 0.211 e. The zero-order valence-corrected chi connectivity index (χ0v) is 14.6. The summed E-state index contributed by atoms with van der Waals surface area (Å²) >= 11 is 5.79. The normalized spacial score (nSPS) is 13.0. The van der Waals surface area contributed by atoms with Gasteiger partial charge in [-0.25, -0.2) is 13.1 Å². The van der Waals surface area contributed by atoms with E-state index in [0.717, 1.165) is 5.56 Å². The fourth-order valence-electron chi connectivity index (χ4n) is 2.24. The predicted octanol–water partition coefficient (Wildman–Crippen LogP) is 4.16. The Labute approximate surface area is 133 Å². The van der Waals surface area contributed by atoms with Crippen LogP contribution < -0.4 is 4.72 Å². The lowest BCUT2D eigenvalue weighted by molar-refractivity contribution is 0.289. The van der Waals surface area contributed by atoms with Gasteiger partial charge in [-0.3, -0.25) is 0 Å². The molecule has 0 spiro atoms. The maximum absolute atomic E-state index is 12.0. The van der Waals surface area contributed by atoms with Gasteiger partial charge in [0.25, 0.3) is 0 Å². The molecule has 21 heavy (non-hydrogen) atoms. The molecule has 0 saturated heterocycles. The maximum atomic E-state index is 12.0. The Morgan fingerprint density at radius 3 is 2.10 bits per heavy atom. The molecular formula is C16H24ClNO2S. The van der Waals surface area contributed by atoms with Crippen LogP contribution in [0.1, 0.15) is 33.3 Å². The molecule has 0 heterocycles. The second-order valence-corrected chi connectivity index (χ2v) is 7.99. The largest absolute Gasteiger partial charge is 0.233 e. The molecule has 0 atom stereocenters. The molecular weight excluding hydrogens is 306 g/mol. The van der Waals surface area contributed by atoms with Gasteiger partial charge in [0.2, 0.25) is 10.0 Å². The molecule has 0 radical (unpaired) electrons. The zero-order valence-electron chi connectivity index (χ0n) is 13.0. The minimum atomic E-state index is -3.42. The fourth-order valence-corrected chi connectivity index (χ4v) is 3.23. The van der Waals surface area contributed by atoms with Crippen LogP contribution in [0.5, 0.6) is 0 Å². The molecule has 118 valence electrons. The van der Waals surface area contributed by atoms with Crippen molar-refractivity contribution in [2.75, 3.05) is 6.54 Å². The second kappa shape index (κ2) is 7.97. The Kier molecular flexibility index (Phi) is 6.91. The number of sulfonamides is 1. The highest BCUT2D eigenvalue weighted by Gasteiger charge is 2.19. The lowest BCUT2D eigenvalue weighted by atomic mass is 9.86. The number of rotatable bonds is 7. The third-order valence-electron chi connectivity index (χ3n) is 3.54. The summed E-state index contributed by atoms with van der Waals surface area (Å²) in [6.07, 6.45) is 1.57. The van der Waals surface area contributed by atoms with Gasteiger partial charge >= 0.3 is 0 Å². The van der Waals surface area contributed by atoms with Gasteiger partial charge in [-0.15, -0.1) is 0 Å². The van der Waals surface area contributed by atoms with E-state index in [0.29, 0.717) is 29.3 Å². The number of hydrogen-bond donors (Lipinski definition) is 1. The highest BCUT2D eigenvalue weighted by Crippen LogP contribution is 2.19. The lowest BCUT2D eigenvalue weighted by Crippen LogP contribution is -2.32. The minimum absolute atomic E-state index is 0.323. The number of halogens is 1. The summed E-state index contributed by atoms with van der Waals surface area (Å²) < 4.78 is 26.7. The molecule has 0 aliphatic rings. The summed E-state index contributed by atoms with van der Waals surface area (Å²) in [5.74, 6) is 1.20. The van der Waals surface area contributed by atoms with Crippen LogP contribution in [0, 0.1) is 17.8 Å². The van der Waals surface area contributed by atoms with Crippen LogP contribution >= 0.6 is 11.6 Å². The topological polar surface area (TPSA) is 46.2 Å². The van der Waals surface area contributed by atoms with Crippen molar-refractivity contribution < 1.29 is 8.42 Å². The highest BCUT2D eigenvalue weighted by atomic mass is 35.5. The van der Waals surface area contributed by atoms with E-state index in [2.05, 4.69) is 32.4 Å². The average Bonchev–Trinajstić information content (AvgIpc) is 2.37. The molecule has 0 fully saturated rings. The van der Waals surface area contributed by atoms with Crippen molar-refractivity contribution in [3.8, 4) is 0 Å². The van der Waals surface area contributed by atoms with Gasteiger partial charge in [-0.1, -0.05) is 51.4 Å². The monoisotopic (exact) mass is 329 g/mol. The molecule has 0 amide bonds. The van der Waals surface area contributed by atoms with Crippen LogP contribution in [0.2, 0.25) is 5.02 Å². The predicted molar refractivity (Wildman–Crippen MR) is 90.6 cm³/mol. The Bertz CT molecular complexity index is 554. The Morgan fingerprint density at radius 2 is 1.62 bits per heavy atom. The Balaban J connectivity index is 2.67. The van der Waals surface area contributed by atoms with E-state index < -0.39 is 10.0 Å². The van der Waals surface area contributed by atoms with Gasteiger partial charge < -0.3 is 0 Å². The first-order valence-corrected chi connectivity index (χ1v) is 9.07. The quantitative estimate of drug-likeness (QED) is 0.816. The second-order valence-electron chi connectivity index (χ2n) is 5.90. The third-order valence-corrected chi connectivity index (χ3v) is 4.86. The molecule has 0 aliphatic heterocycles. The summed E-state index contributed by atoms with van der Waals surface area (Å²) in [6.45, 7) is 8.92. The summed E-state index contributed by atoms with van der Waals surface area (Å²) in [5, 5.41) is 1.83. The molecule has 0 bridgehead atoms. The zero-order chi connectivity index (χ0) is 16.0. The molecule has 1 aromatic carbocycles. The summed E-state index contributed by atoms with van der Waals surface area (Å²) in [6, 6.07) is 7.02. The molecule has 3 nitrogen and oxygen atoms in total. The van der Waals surface area contributed by atoms with Gasteiger partial charge in [0.1, 0.15) is 0 Å². The molecule has 1 rings (SSSR count). The van der Waals surface area contributed by atoms with Crippen LogP contribution in [-0.2, 0) is 10.0 Å². The van der Waals surface area contributed by atoms with E-state index in [1.165, 1.54) is 5.41 Å². The number of hydrogen-bond acceptors (Lipinski definition) is 2. The lowest BCUT2D eigenvalue weighted by Gasteiger charge is -2.24. The molecule has 1 aromatic rings. The Morgan fingerprint density at radius 1 is 1.10 bits per heavy atom. The molecule has 0 saturated carbocycles. The summed E-state index contributed by atoms with van der Waals surface area (Å²) in [5.41, 5.74) is 0.800. The van der Waals surface area contributed by atoms with Crippen molar-refractivity contribution in [2.45, 2.75) is 27.7 Å². The summed E-state index contributed by atoms with van der Waals surface area (Å²) in [4.78, 5) is 0. The van der Waals surface area contributed by atoms with Crippen LogP contribution in [-0.4, -0.2) is 15.0 Å². The Hall–Kier alpha value is -0.840. The third kappa shape index (κ3) is 6.64. The van der Waals surface area contributed by atoms with Gasteiger partial charge in [-0.05, 0) is 41.5 Å². The van der Waals surface area contributed by atoms with E-state index in [1.54, 1.807) is 30.3 Å². The van der Waals surface area contributed by atoms with Gasteiger partial charge in [0.05, 0.1) is 0 Å². The van der Waals surface area contributed by atoms with Gasteiger partial charge in [0.15, 0.2) is 0 Å². The van der Waals surface area contributed by atoms with Crippen molar-refractivity contribution in [3.63, 3.8) is 0 Å². The minimum Gasteiger partial charge on any atom is -0.211 e. The summed E-state index contributed by atoms with van der Waals surface area (Å²) in [7, 11) is -3.42. The van der Waals surface area contributed by atoms with E-state index in [9.17, 15) is 8.42 Å². The van der Waals surface area contributed by atoms with Crippen LogP contribution in [0.25, 0.3) is 6.08 Å². The van der Waals surface area contributed by atoms with Crippen molar-refractivity contribution in [1.29, 1.82) is 0 Å². The van der Waals surface area contributed by atoms with Crippen molar-refractivity contribution in [2.24, 2.45) is 17.8 Å². The molecule has 0 aliphatic carbocycles. The SMILES string of the molecule is CC(C)C(CNS(=O)(=O)/C=C/c1ccc(Cl)cc1)C(C)C. The standard InChI is InChI=1S/C16H24ClNO2S/c1-12(2)16(13(3)4)11-18-21(19,20)10-9-14-5-7-15(17)8-6-14/h5-10,12-13,16,18H,11H2,1-4H3/b10-9+. The van der Waals surface area contributed by atoms with E-state index >= 15 is 0 Å². The van der Waals surface area contributed by atoms with Crippen molar-refractivity contribution >= 4 is 27.7 Å². The van der Waals surface area contributed by atoms with Crippen molar-refractivity contribution in [3.05, 3.63) is 40.3 Å². The van der Waals surface area contributed by atoms with Crippen LogP contribution in [0.15, 0.2) is 29.7 Å². The first kappa shape index (κ1) is 18.2. The molecule has 5 heteroatoms. The van der Waals surface area contributed by atoms with E-state index in [1.807, 2.05) is 0 Å². The number of nitrogens with one attached hydrogen (secondary N) is 1. The van der Waals surface area contributed by atoms with Crippen LogP contribution in [0.3, 0.4) is 0 Å². The maximum Gasteiger partial charge on any atom is 0.233 e. The van der Waals surface area contributed by atoms with Gasteiger partial charge in [0, 0.05) is 17.0 Å². The first-order chi connectivity index (χ1) is 9.71. The highest BCUT2D eigenvalue weighted by molar-refractivity contribution is 7.92. The average molecular weight is 330 g/mol. The van der Waals surface area contributed by atoms with Crippen LogP contribution in [0.4, 0.5) is 0 Å².